The van der Waals surface area contributed by atoms with Crippen LogP contribution in [0.1, 0.15) is 45.4 Å². The van der Waals surface area contributed by atoms with Crippen molar-refractivity contribution in [2.75, 3.05) is 19.8 Å². The normalized spacial score (nSPS) is 32.6. The Bertz CT molecular complexity index is 236. The fourth-order valence-corrected chi connectivity index (χ4v) is 3.02. The van der Waals surface area contributed by atoms with Crippen molar-refractivity contribution < 1.29 is 9.53 Å². The van der Waals surface area contributed by atoms with Gasteiger partial charge >= 0.3 is 0 Å². The second-order valence-electron chi connectivity index (χ2n) is 5.16. The van der Waals surface area contributed by atoms with Crippen LogP contribution in [0.3, 0.4) is 0 Å². The standard InChI is InChI=1S/C13H23NO2/c1-11(15)9-12-5-3-2-4-7-14(12)13-6-8-16-10-13/h12-13H,2-10H2,1H3. The second kappa shape index (κ2) is 5.78. The number of hydrogen-bond donors (Lipinski definition) is 0. The Morgan fingerprint density at radius 3 is 2.88 bits per heavy atom. The lowest BCUT2D eigenvalue weighted by molar-refractivity contribution is -0.118. The second-order valence-corrected chi connectivity index (χ2v) is 5.16. The van der Waals surface area contributed by atoms with Crippen LogP contribution in [-0.4, -0.2) is 42.5 Å². The predicted molar refractivity (Wildman–Crippen MR) is 63.5 cm³/mol. The van der Waals surface area contributed by atoms with Crippen LogP contribution in [-0.2, 0) is 9.53 Å². The van der Waals surface area contributed by atoms with E-state index in [1.54, 1.807) is 6.92 Å². The molecule has 0 spiro atoms. The SMILES string of the molecule is CC(=O)CC1CCCCCN1C1CCOC1. The van der Waals surface area contributed by atoms with Gasteiger partial charge in [0.15, 0.2) is 0 Å². The summed E-state index contributed by atoms with van der Waals surface area (Å²) < 4.78 is 5.48. The lowest BCUT2D eigenvalue weighted by Crippen LogP contribution is -2.44. The van der Waals surface area contributed by atoms with Crippen molar-refractivity contribution in [2.45, 2.75) is 57.5 Å². The quantitative estimate of drug-likeness (QED) is 0.735. The molecule has 2 aliphatic rings. The van der Waals surface area contributed by atoms with E-state index in [-0.39, 0.29) is 0 Å². The highest BCUT2D eigenvalue weighted by molar-refractivity contribution is 5.76. The number of rotatable bonds is 3. The fourth-order valence-electron chi connectivity index (χ4n) is 3.02. The Morgan fingerprint density at radius 1 is 1.31 bits per heavy atom. The van der Waals surface area contributed by atoms with E-state index in [1.165, 1.54) is 25.7 Å². The van der Waals surface area contributed by atoms with Crippen LogP contribution in [0.15, 0.2) is 0 Å². The van der Waals surface area contributed by atoms with Gasteiger partial charge in [0.25, 0.3) is 0 Å². The van der Waals surface area contributed by atoms with Crippen molar-refractivity contribution in [2.24, 2.45) is 0 Å². The lowest BCUT2D eigenvalue weighted by Gasteiger charge is -2.33. The van der Waals surface area contributed by atoms with Gasteiger partial charge in [0.1, 0.15) is 5.78 Å². The molecule has 92 valence electrons. The van der Waals surface area contributed by atoms with Gasteiger partial charge < -0.3 is 4.74 Å². The van der Waals surface area contributed by atoms with E-state index in [2.05, 4.69) is 4.90 Å². The number of likely N-dealkylation sites (tertiary alicyclic amines) is 1. The molecule has 2 heterocycles. The Morgan fingerprint density at radius 2 is 2.19 bits per heavy atom. The maximum atomic E-state index is 11.3. The molecule has 2 atom stereocenters. The molecule has 16 heavy (non-hydrogen) atoms. The van der Waals surface area contributed by atoms with Crippen molar-refractivity contribution in [3.63, 3.8) is 0 Å². The first-order valence-corrected chi connectivity index (χ1v) is 6.60. The third-order valence-electron chi connectivity index (χ3n) is 3.82. The smallest absolute Gasteiger partial charge is 0.131 e. The van der Waals surface area contributed by atoms with E-state index >= 15 is 0 Å². The summed E-state index contributed by atoms with van der Waals surface area (Å²) in [7, 11) is 0. The monoisotopic (exact) mass is 225 g/mol. The van der Waals surface area contributed by atoms with Gasteiger partial charge in [0.2, 0.25) is 0 Å². The number of Topliss-reactive ketones (excluding diaryl/α,β-unsaturated/α-hetero) is 1. The van der Waals surface area contributed by atoms with Gasteiger partial charge in [-0.1, -0.05) is 12.8 Å². The molecule has 0 radical (unpaired) electrons. The summed E-state index contributed by atoms with van der Waals surface area (Å²) in [5, 5.41) is 0. The van der Waals surface area contributed by atoms with Gasteiger partial charge in [0.05, 0.1) is 6.61 Å². The van der Waals surface area contributed by atoms with Crippen LogP contribution in [0.25, 0.3) is 0 Å². The van der Waals surface area contributed by atoms with Crippen molar-refractivity contribution in [3.8, 4) is 0 Å². The highest BCUT2D eigenvalue weighted by atomic mass is 16.5. The van der Waals surface area contributed by atoms with Gasteiger partial charge in [-0.2, -0.15) is 0 Å². The molecular weight excluding hydrogens is 202 g/mol. The van der Waals surface area contributed by atoms with Gasteiger partial charge in [-0.25, -0.2) is 0 Å². The van der Waals surface area contributed by atoms with Gasteiger partial charge in [-0.05, 0) is 32.7 Å². The topological polar surface area (TPSA) is 29.5 Å². The molecule has 2 saturated heterocycles. The average molecular weight is 225 g/mol. The molecule has 0 amide bonds. The summed E-state index contributed by atoms with van der Waals surface area (Å²) in [6.07, 6.45) is 6.95. The van der Waals surface area contributed by atoms with Crippen LogP contribution in [0.4, 0.5) is 0 Å². The third-order valence-corrected chi connectivity index (χ3v) is 3.82. The molecule has 3 nitrogen and oxygen atoms in total. The number of carbonyl (C=O) groups excluding carboxylic acids is 1. The minimum atomic E-state index is 0.329. The molecule has 0 bridgehead atoms. The molecule has 2 unspecified atom stereocenters. The van der Waals surface area contributed by atoms with Crippen LogP contribution < -0.4 is 0 Å². The highest BCUT2D eigenvalue weighted by Crippen LogP contribution is 2.25. The summed E-state index contributed by atoms with van der Waals surface area (Å²) in [6, 6.07) is 1.05. The Labute approximate surface area is 98.1 Å². The average Bonchev–Trinajstić information content (AvgIpc) is 2.66. The molecule has 0 aromatic rings. The fraction of sp³-hybridized carbons (Fsp3) is 0.923. The van der Waals surface area contributed by atoms with E-state index in [1.807, 2.05) is 0 Å². The molecule has 0 N–H and O–H groups in total. The number of hydrogen-bond acceptors (Lipinski definition) is 3. The lowest BCUT2D eigenvalue weighted by atomic mass is 10.0. The van der Waals surface area contributed by atoms with E-state index < -0.39 is 0 Å². The van der Waals surface area contributed by atoms with Crippen molar-refractivity contribution >= 4 is 5.78 Å². The largest absolute Gasteiger partial charge is 0.380 e. The van der Waals surface area contributed by atoms with E-state index in [0.717, 1.165) is 32.6 Å². The molecule has 2 rings (SSSR count). The first-order chi connectivity index (χ1) is 7.77. The van der Waals surface area contributed by atoms with Crippen LogP contribution in [0.2, 0.25) is 0 Å². The Kier molecular flexibility index (Phi) is 4.36. The molecule has 0 saturated carbocycles. The first-order valence-electron chi connectivity index (χ1n) is 6.60. The highest BCUT2D eigenvalue weighted by Gasteiger charge is 2.30. The van der Waals surface area contributed by atoms with Gasteiger partial charge in [-0.3, -0.25) is 9.69 Å². The number of nitrogens with zero attached hydrogens (tertiary/aromatic N) is 1. The van der Waals surface area contributed by atoms with Crippen molar-refractivity contribution in [1.82, 2.24) is 4.90 Å². The Hall–Kier alpha value is -0.410. The number of ether oxygens (including phenoxy) is 1. The van der Waals surface area contributed by atoms with Crippen LogP contribution in [0, 0.1) is 0 Å². The Balaban J connectivity index is 1.99. The van der Waals surface area contributed by atoms with E-state index in [0.29, 0.717) is 17.9 Å². The van der Waals surface area contributed by atoms with Crippen LogP contribution >= 0.6 is 0 Å². The van der Waals surface area contributed by atoms with Gasteiger partial charge in [-0.15, -0.1) is 0 Å². The molecular formula is C13H23NO2. The van der Waals surface area contributed by atoms with Crippen molar-refractivity contribution in [1.29, 1.82) is 0 Å². The molecule has 3 heteroatoms. The molecule has 0 aliphatic carbocycles. The maximum absolute atomic E-state index is 11.3. The van der Waals surface area contributed by atoms with Crippen LogP contribution in [0.5, 0.6) is 0 Å². The zero-order valence-corrected chi connectivity index (χ0v) is 10.3. The molecule has 0 aromatic carbocycles. The third kappa shape index (κ3) is 3.05. The number of carbonyl (C=O) groups is 1. The summed E-state index contributed by atoms with van der Waals surface area (Å²) in [5.41, 5.74) is 0. The van der Waals surface area contributed by atoms with Crippen molar-refractivity contribution in [3.05, 3.63) is 0 Å². The summed E-state index contributed by atoms with van der Waals surface area (Å²) in [5.74, 6) is 0.329. The number of ketones is 1. The molecule has 0 aromatic heterocycles. The first kappa shape index (κ1) is 12.1. The minimum absolute atomic E-state index is 0.329. The molecule has 2 fully saturated rings. The zero-order valence-electron chi connectivity index (χ0n) is 10.3. The summed E-state index contributed by atoms with van der Waals surface area (Å²) in [6.45, 7) is 4.64. The van der Waals surface area contributed by atoms with E-state index in [9.17, 15) is 4.79 Å². The predicted octanol–water partition coefficient (Wildman–Crippen LogP) is 2.00. The summed E-state index contributed by atoms with van der Waals surface area (Å²) in [4.78, 5) is 13.9. The van der Waals surface area contributed by atoms with E-state index in [4.69, 9.17) is 4.74 Å². The zero-order chi connectivity index (χ0) is 11.4. The molecule has 2 aliphatic heterocycles. The summed E-state index contributed by atoms with van der Waals surface area (Å²) >= 11 is 0. The minimum Gasteiger partial charge on any atom is -0.380 e. The maximum Gasteiger partial charge on any atom is 0.131 e. The van der Waals surface area contributed by atoms with Gasteiger partial charge in [0, 0.05) is 25.1 Å².